The van der Waals surface area contributed by atoms with E-state index in [1.54, 1.807) is 0 Å². The highest BCUT2D eigenvalue weighted by atomic mass is 32.3. The van der Waals surface area contributed by atoms with Crippen molar-refractivity contribution in [3.63, 3.8) is 0 Å². The summed E-state index contributed by atoms with van der Waals surface area (Å²) in [4.78, 5) is 0. The van der Waals surface area contributed by atoms with Crippen molar-refractivity contribution in [1.82, 2.24) is 36.9 Å². The van der Waals surface area contributed by atoms with Crippen molar-refractivity contribution < 1.29 is 45.6 Å². The molecular weight excluding hydrogens is 308 g/mol. The lowest BCUT2D eigenvalue weighted by Gasteiger charge is -1.68. The van der Waals surface area contributed by atoms with Crippen LogP contribution in [-0.2, 0) is 20.8 Å². The van der Waals surface area contributed by atoms with Crippen LogP contribution in [0.1, 0.15) is 0 Å². The van der Waals surface area contributed by atoms with Gasteiger partial charge in [0.25, 0.3) is 0 Å². The van der Waals surface area contributed by atoms with Crippen LogP contribution in [0.2, 0.25) is 0 Å². The van der Waals surface area contributed by atoms with Crippen molar-refractivity contribution in [3.8, 4) is 0 Å². The molecule has 0 aliphatic rings. The van der Waals surface area contributed by atoms with E-state index in [4.69, 9.17) is 45.6 Å². The van der Waals surface area contributed by atoms with E-state index < -0.39 is 20.8 Å². The van der Waals surface area contributed by atoms with Gasteiger partial charge in [0.05, 0.1) is 0 Å². The van der Waals surface area contributed by atoms with Gasteiger partial charge in [-0.2, -0.15) is 16.8 Å². The fourth-order valence-corrected chi connectivity index (χ4v) is 0. The zero-order chi connectivity index (χ0) is 11.0. The maximum Gasteiger partial charge on any atom is 0.394 e. The van der Waals surface area contributed by atoms with Gasteiger partial charge in [-0.1, -0.05) is 0 Å². The molecule has 0 radical (unpaired) electrons. The van der Waals surface area contributed by atoms with Crippen molar-refractivity contribution >= 4 is 20.8 Å². The summed E-state index contributed by atoms with van der Waals surface area (Å²) in [5.74, 6) is 0. The standard InChI is InChI=1S/6H3N.2H2O4S.H2O2/c;;;;;;2*1-5(2,3)4;1-2/h6*1H3;2*(H2,1,2,3,4);1-2H. The van der Waals surface area contributed by atoms with Crippen molar-refractivity contribution in [3.05, 3.63) is 0 Å². The average molecular weight is 332 g/mol. The summed E-state index contributed by atoms with van der Waals surface area (Å²) in [5.41, 5.74) is 0. The molecule has 24 N–H and O–H groups in total. The Kier molecular flexibility index (Phi) is 110. The molecule has 0 spiro atoms. The number of hydrogen-bond donors (Lipinski definition) is 12. The fraction of sp³-hybridized carbons (Fsp3) is 0. The second-order valence-electron chi connectivity index (χ2n) is 0.896. The van der Waals surface area contributed by atoms with Gasteiger partial charge in [-0.15, -0.1) is 0 Å². The van der Waals surface area contributed by atoms with Crippen LogP contribution >= 0.6 is 0 Å². The van der Waals surface area contributed by atoms with Gasteiger partial charge in [-0.05, 0) is 0 Å². The highest BCUT2D eigenvalue weighted by molar-refractivity contribution is 7.80. The molecule has 0 saturated heterocycles. The molecule has 0 aromatic heterocycles. The van der Waals surface area contributed by atoms with Crippen molar-refractivity contribution in [1.29, 1.82) is 0 Å². The van der Waals surface area contributed by atoms with Crippen LogP contribution in [0.15, 0.2) is 0 Å². The lowest BCUT2D eigenvalue weighted by Crippen LogP contribution is -1.89. The van der Waals surface area contributed by atoms with Gasteiger partial charge in [0.15, 0.2) is 0 Å². The molecule has 0 heterocycles. The summed E-state index contributed by atoms with van der Waals surface area (Å²) in [5, 5.41) is 12.0. The molecule has 0 amide bonds. The second kappa shape index (κ2) is 29.9. The largest absolute Gasteiger partial charge is 0.394 e. The second-order valence-corrected chi connectivity index (χ2v) is 2.69. The highest BCUT2D eigenvalue weighted by Gasteiger charge is 1.85. The molecule has 0 aliphatic heterocycles. The van der Waals surface area contributed by atoms with Crippen LogP contribution in [0.5, 0.6) is 0 Å². The highest BCUT2D eigenvalue weighted by Crippen LogP contribution is 1.59. The van der Waals surface area contributed by atoms with Gasteiger partial charge in [0, 0.05) is 0 Å². The molecule has 0 aliphatic carbocycles. The fourth-order valence-electron chi connectivity index (χ4n) is 0. The van der Waals surface area contributed by atoms with Crippen molar-refractivity contribution in [2.24, 2.45) is 0 Å². The van der Waals surface area contributed by atoms with E-state index in [-0.39, 0.29) is 36.9 Å². The minimum atomic E-state index is -4.67. The first-order valence-electron chi connectivity index (χ1n) is 1.60. The SMILES string of the molecule is N.N.N.N.N.N.O=S(=O)(O)O.O=S(=O)(O)O.OO. The first-order chi connectivity index (χ1) is 5.00. The molecular formula is H24N6O10S2. The Morgan fingerprint density at radius 2 is 0.444 bits per heavy atom. The van der Waals surface area contributed by atoms with Crippen molar-refractivity contribution in [2.45, 2.75) is 0 Å². The number of rotatable bonds is 0. The molecule has 18 heteroatoms. The topological polar surface area (TPSA) is 400 Å². The third kappa shape index (κ3) is 9530. The maximum absolute atomic E-state index is 8.74. The first-order valence-corrected chi connectivity index (χ1v) is 4.39. The summed E-state index contributed by atoms with van der Waals surface area (Å²) < 4.78 is 63.2. The van der Waals surface area contributed by atoms with E-state index in [9.17, 15) is 0 Å². The summed E-state index contributed by atoms with van der Waals surface area (Å²) in [6.45, 7) is 0. The molecule has 126 valence electrons. The Hall–Kier alpha value is -0.580. The van der Waals surface area contributed by atoms with Gasteiger partial charge < -0.3 is 36.9 Å². The molecule has 0 atom stereocenters. The zero-order valence-corrected chi connectivity index (χ0v) is 11.0. The van der Waals surface area contributed by atoms with E-state index in [0.717, 1.165) is 0 Å². The van der Waals surface area contributed by atoms with Crippen LogP contribution in [0, 0.1) is 0 Å². The van der Waals surface area contributed by atoms with E-state index in [1.165, 1.54) is 0 Å². The van der Waals surface area contributed by atoms with Gasteiger partial charge in [-0.3, -0.25) is 28.7 Å². The minimum Gasteiger partial charge on any atom is -0.344 e. The normalized spacial score (nSPS) is 6.78. The van der Waals surface area contributed by atoms with Gasteiger partial charge in [0.2, 0.25) is 0 Å². The lowest BCUT2D eigenvalue weighted by molar-refractivity contribution is -0.176. The van der Waals surface area contributed by atoms with Gasteiger partial charge in [0.1, 0.15) is 0 Å². The van der Waals surface area contributed by atoms with E-state index in [1.807, 2.05) is 0 Å². The van der Waals surface area contributed by atoms with Crippen LogP contribution < -0.4 is 36.9 Å². The Balaban J connectivity index is -0.00000000872. The molecule has 0 rings (SSSR count). The maximum atomic E-state index is 8.74. The van der Waals surface area contributed by atoms with E-state index >= 15 is 0 Å². The molecule has 0 saturated carbocycles. The summed E-state index contributed by atoms with van der Waals surface area (Å²) in [7, 11) is -9.33. The summed E-state index contributed by atoms with van der Waals surface area (Å²) >= 11 is 0. The Labute approximate surface area is 104 Å². The lowest BCUT2D eigenvalue weighted by atomic mass is 14.0. The molecule has 0 aromatic carbocycles. The molecule has 18 heavy (non-hydrogen) atoms. The molecule has 16 nitrogen and oxygen atoms in total. The third-order valence-electron chi connectivity index (χ3n) is 0. The average Bonchev–Trinajstić information content (AvgIpc) is 1.59. The van der Waals surface area contributed by atoms with Crippen molar-refractivity contribution in [2.75, 3.05) is 0 Å². The summed E-state index contributed by atoms with van der Waals surface area (Å²) in [6, 6.07) is 0. The molecule has 0 bridgehead atoms. The molecule has 0 fully saturated rings. The van der Waals surface area contributed by atoms with Gasteiger partial charge in [-0.25, -0.2) is 0 Å². The van der Waals surface area contributed by atoms with E-state index in [2.05, 4.69) is 0 Å². The van der Waals surface area contributed by atoms with Gasteiger partial charge >= 0.3 is 20.8 Å². The third-order valence-corrected chi connectivity index (χ3v) is 0. The predicted octanol–water partition coefficient (Wildman–Crippen LogP) is -0.316. The predicted molar refractivity (Wildman–Crippen MR) is 63.7 cm³/mol. The molecule has 0 unspecified atom stereocenters. The zero-order valence-electron chi connectivity index (χ0n) is 9.38. The van der Waals surface area contributed by atoms with E-state index in [0.29, 0.717) is 0 Å². The monoisotopic (exact) mass is 332 g/mol. The first kappa shape index (κ1) is 66.2. The smallest absolute Gasteiger partial charge is 0.344 e. The Bertz CT molecular complexity index is 221. The Morgan fingerprint density at radius 3 is 0.444 bits per heavy atom. The van der Waals surface area contributed by atoms with Crippen LogP contribution in [0.4, 0.5) is 0 Å². The molecule has 0 aromatic rings. The quantitative estimate of drug-likeness (QED) is 0.153. The summed E-state index contributed by atoms with van der Waals surface area (Å²) in [6.07, 6.45) is 0. The Morgan fingerprint density at radius 1 is 0.444 bits per heavy atom. The van der Waals surface area contributed by atoms with Crippen LogP contribution in [0.3, 0.4) is 0 Å². The van der Waals surface area contributed by atoms with Crippen LogP contribution in [0.25, 0.3) is 0 Å². The minimum absolute atomic E-state index is 0. The van der Waals surface area contributed by atoms with Crippen LogP contribution in [-0.4, -0.2) is 45.6 Å². The number of hydrogen-bond acceptors (Lipinski definition) is 12.